The predicted molar refractivity (Wildman–Crippen MR) is 73.6 cm³/mol. The Balaban J connectivity index is 2.59. The first-order valence-electron chi connectivity index (χ1n) is 6.39. The first-order valence-corrected chi connectivity index (χ1v) is 6.39. The number of ether oxygens (including phenoxy) is 1. The Morgan fingerprint density at radius 2 is 1.79 bits per heavy atom. The molecule has 0 bridgehead atoms. The van der Waals surface area contributed by atoms with Crippen molar-refractivity contribution in [2.24, 2.45) is 0 Å². The van der Waals surface area contributed by atoms with Gasteiger partial charge in [0.05, 0.1) is 0 Å². The van der Waals surface area contributed by atoms with Gasteiger partial charge in [-0.2, -0.15) is 0 Å². The van der Waals surface area contributed by atoms with E-state index in [0.717, 1.165) is 6.42 Å². The van der Waals surface area contributed by atoms with Crippen LogP contribution in [0.4, 0.5) is 0 Å². The molecular weight excluding hydrogens is 242 g/mol. The van der Waals surface area contributed by atoms with Gasteiger partial charge < -0.3 is 9.64 Å². The topological polar surface area (TPSA) is 46.6 Å². The number of amides is 1. The fourth-order valence-electron chi connectivity index (χ4n) is 1.90. The van der Waals surface area contributed by atoms with Crippen molar-refractivity contribution in [1.29, 1.82) is 0 Å². The molecule has 0 unspecified atom stereocenters. The number of likely N-dealkylation sites (N-methyl/N-ethyl adjacent to an activating group) is 1. The summed E-state index contributed by atoms with van der Waals surface area (Å²) in [4.78, 5) is 24.5. The summed E-state index contributed by atoms with van der Waals surface area (Å²) >= 11 is 0. The summed E-state index contributed by atoms with van der Waals surface area (Å²) < 4.78 is 4.90. The van der Waals surface area contributed by atoms with Gasteiger partial charge in [0.1, 0.15) is 0 Å². The minimum Gasteiger partial charge on any atom is -0.453 e. The lowest BCUT2D eigenvalue weighted by molar-refractivity contribution is -0.157. The van der Waals surface area contributed by atoms with Gasteiger partial charge in [-0.05, 0) is 25.8 Å². The lowest BCUT2D eigenvalue weighted by Crippen LogP contribution is -2.43. The summed E-state index contributed by atoms with van der Waals surface area (Å²) in [6, 6.07) is 10.0. The van der Waals surface area contributed by atoms with E-state index in [1.54, 1.807) is 18.9 Å². The fourth-order valence-corrected chi connectivity index (χ4v) is 1.90. The molecule has 4 nitrogen and oxygen atoms in total. The van der Waals surface area contributed by atoms with Crippen LogP contribution in [-0.4, -0.2) is 36.0 Å². The first kappa shape index (κ1) is 15.2. The molecule has 0 aliphatic carbocycles. The van der Waals surface area contributed by atoms with E-state index in [2.05, 4.69) is 0 Å². The van der Waals surface area contributed by atoms with Crippen molar-refractivity contribution >= 4 is 11.9 Å². The standard InChI is InChI=1S/C15H21NO3/c1-11(10-14-8-6-5-7-9-14)16(4)15(18)12(2)19-13(3)17/h5-9,11-12H,10H2,1-4H3/t11-,12-/m0/s1. The molecule has 0 radical (unpaired) electrons. The minimum atomic E-state index is -0.735. The zero-order chi connectivity index (χ0) is 14.4. The predicted octanol–water partition coefficient (Wildman–Crippen LogP) is 2.03. The maximum Gasteiger partial charge on any atom is 0.303 e. The third kappa shape index (κ3) is 4.73. The van der Waals surface area contributed by atoms with Gasteiger partial charge >= 0.3 is 5.97 Å². The van der Waals surface area contributed by atoms with E-state index in [-0.39, 0.29) is 11.9 Å². The molecule has 1 aromatic carbocycles. The number of esters is 1. The molecule has 4 heteroatoms. The van der Waals surface area contributed by atoms with Gasteiger partial charge in [-0.1, -0.05) is 30.3 Å². The summed E-state index contributed by atoms with van der Waals surface area (Å²) in [7, 11) is 1.73. The fraction of sp³-hybridized carbons (Fsp3) is 0.467. The normalized spacial score (nSPS) is 13.5. The highest BCUT2D eigenvalue weighted by molar-refractivity contribution is 5.83. The smallest absolute Gasteiger partial charge is 0.303 e. The number of hydrogen-bond donors (Lipinski definition) is 0. The SMILES string of the molecule is CC(=O)O[C@@H](C)C(=O)N(C)[C@@H](C)Cc1ccccc1. The lowest BCUT2D eigenvalue weighted by Gasteiger charge is -2.27. The van der Waals surface area contributed by atoms with Crippen LogP contribution in [0, 0.1) is 0 Å². The van der Waals surface area contributed by atoms with E-state index in [9.17, 15) is 9.59 Å². The van der Waals surface area contributed by atoms with Crippen molar-refractivity contribution in [1.82, 2.24) is 4.90 Å². The van der Waals surface area contributed by atoms with Crippen LogP contribution in [0.5, 0.6) is 0 Å². The van der Waals surface area contributed by atoms with Crippen LogP contribution >= 0.6 is 0 Å². The van der Waals surface area contributed by atoms with Crippen molar-refractivity contribution in [2.75, 3.05) is 7.05 Å². The summed E-state index contributed by atoms with van der Waals surface area (Å²) in [6.07, 6.45) is 0.0382. The van der Waals surface area contributed by atoms with Gasteiger partial charge in [0.2, 0.25) is 0 Å². The average Bonchev–Trinajstić information content (AvgIpc) is 2.37. The van der Waals surface area contributed by atoms with E-state index in [0.29, 0.717) is 0 Å². The second-order valence-electron chi connectivity index (χ2n) is 4.74. The zero-order valence-electron chi connectivity index (χ0n) is 11.9. The van der Waals surface area contributed by atoms with Crippen LogP contribution in [0.15, 0.2) is 30.3 Å². The Hall–Kier alpha value is -1.84. The third-order valence-corrected chi connectivity index (χ3v) is 3.07. The molecular formula is C15H21NO3. The molecule has 0 aliphatic heterocycles. The molecule has 0 spiro atoms. The molecule has 0 saturated carbocycles. The molecule has 19 heavy (non-hydrogen) atoms. The van der Waals surface area contributed by atoms with Crippen molar-refractivity contribution in [3.8, 4) is 0 Å². The molecule has 2 atom stereocenters. The number of carbonyl (C=O) groups excluding carboxylic acids is 2. The van der Waals surface area contributed by atoms with Crippen LogP contribution < -0.4 is 0 Å². The van der Waals surface area contributed by atoms with Crippen molar-refractivity contribution in [3.05, 3.63) is 35.9 Å². The minimum absolute atomic E-state index is 0.0490. The number of hydrogen-bond acceptors (Lipinski definition) is 3. The maximum absolute atomic E-state index is 12.1. The Morgan fingerprint density at radius 3 is 2.32 bits per heavy atom. The summed E-state index contributed by atoms with van der Waals surface area (Å²) in [5.41, 5.74) is 1.18. The van der Waals surface area contributed by atoms with E-state index < -0.39 is 12.1 Å². The largest absolute Gasteiger partial charge is 0.453 e. The molecule has 0 fully saturated rings. The molecule has 0 saturated heterocycles. The highest BCUT2D eigenvalue weighted by Crippen LogP contribution is 2.09. The van der Waals surface area contributed by atoms with Gasteiger partial charge in [0, 0.05) is 20.0 Å². The van der Waals surface area contributed by atoms with Crippen LogP contribution in [0.3, 0.4) is 0 Å². The number of nitrogens with zero attached hydrogens (tertiary/aromatic N) is 1. The van der Waals surface area contributed by atoms with E-state index in [4.69, 9.17) is 4.74 Å². The number of carbonyl (C=O) groups is 2. The second-order valence-corrected chi connectivity index (χ2v) is 4.74. The number of rotatable bonds is 5. The highest BCUT2D eigenvalue weighted by Gasteiger charge is 2.23. The van der Waals surface area contributed by atoms with Gasteiger partial charge in [-0.3, -0.25) is 9.59 Å². The molecule has 0 aromatic heterocycles. The Morgan fingerprint density at radius 1 is 1.21 bits per heavy atom. The van der Waals surface area contributed by atoms with Gasteiger partial charge in [-0.25, -0.2) is 0 Å². The molecule has 0 heterocycles. The van der Waals surface area contributed by atoms with Crippen LogP contribution in [0.1, 0.15) is 26.3 Å². The molecule has 104 valence electrons. The summed E-state index contributed by atoms with van der Waals surface area (Å²) in [5, 5.41) is 0. The Bertz CT molecular complexity index is 430. The molecule has 1 aromatic rings. The first-order chi connectivity index (χ1) is 8.91. The lowest BCUT2D eigenvalue weighted by atomic mass is 10.1. The highest BCUT2D eigenvalue weighted by atomic mass is 16.5. The molecule has 0 N–H and O–H groups in total. The Kier molecular flexibility index (Phi) is 5.55. The summed E-state index contributed by atoms with van der Waals surface area (Å²) in [5.74, 6) is -0.622. The summed E-state index contributed by atoms with van der Waals surface area (Å²) in [6.45, 7) is 4.87. The van der Waals surface area contributed by atoms with Crippen molar-refractivity contribution in [2.45, 2.75) is 39.3 Å². The monoisotopic (exact) mass is 263 g/mol. The Labute approximate surface area is 114 Å². The van der Waals surface area contributed by atoms with Gasteiger partial charge in [0.15, 0.2) is 6.10 Å². The van der Waals surface area contributed by atoms with Crippen LogP contribution in [0.2, 0.25) is 0 Å². The molecule has 1 amide bonds. The molecule has 1 rings (SSSR count). The average molecular weight is 263 g/mol. The van der Waals surface area contributed by atoms with Gasteiger partial charge in [-0.15, -0.1) is 0 Å². The quantitative estimate of drug-likeness (QED) is 0.764. The molecule has 0 aliphatic rings. The number of benzene rings is 1. The van der Waals surface area contributed by atoms with Crippen LogP contribution in [0.25, 0.3) is 0 Å². The van der Waals surface area contributed by atoms with Crippen molar-refractivity contribution in [3.63, 3.8) is 0 Å². The zero-order valence-corrected chi connectivity index (χ0v) is 11.9. The van der Waals surface area contributed by atoms with E-state index >= 15 is 0 Å². The van der Waals surface area contributed by atoms with E-state index in [1.807, 2.05) is 37.3 Å². The maximum atomic E-state index is 12.1. The second kappa shape index (κ2) is 6.92. The van der Waals surface area contributed by atoms with Gasteiger partial charge in [0.25, 0.3) is 5.91 Å². The third-order valence-electron chi connectivity index (χ3n) is 3.07. The van der Waals surface area contributed by atoms with Crippen LogP contribution in [-0.2, 0) is 20.7 Å². The van der Waals surface area contributed by atoms with E-state index in [1.165, 1.54) is 12.5 Å². The van der Waals surface area contributed by atoms with Crippen molar-refractivity contribution < 1.29 is 14.3 Å².